The summed E-state index contributed by atoms with van der Waals surface area (Å²) < 4.78 is 0. The summed E-state index contributed by atoms with van der Waals surface area (Å²) in [5.41, 5.74) is 10.4. The van der Waals surface area contributed by atoms with Gasteiger partial charge in [0.05, 0.1) is 5.41 Å². The Morgan fingerprint density at radius 2 is 1.43 bits per heavy atom. The number of hydrogen-bond acceptors (Lipinski definition) is 2. The maximum Gasteiger partial charge on any atom is 0.488 e. The molecule has 0 amide bonds. The normalized spacial score (nSPS) is 19.7. The van der Waals surface area contributed by atoms with Gasteiger partial charge in [0.15, 0.2) is 0 Å². The molecule has 2 aliphatic carbocycles. The van der Waals surface area contributed by atoms with Gasteiger partial charge in [0, 0.05) is 0 Å². The molecule has 4 aromatic carbocycles. The molecule has 1 spiro atoms. The van der Waals surface area contributed by atoms with Crippen LogP contribution in [-0.2, 0) is 11.8 Å². The fourth-order valence-corrected chi connectivity index (χ4v) is 5.78. The zero-order valence-corrected chi connectivity index (χ0v) is 19.4. The Bertz CT molecular complexity index is 1530. The Kier molecular flexibility index (Phi) is 5.18. The molecular weight excluding hydrogens is 427 g/mol. The Labute approximate surface area is 206 Å². The first-order valence-electron chi connectivity index (χ1n) is 11.9. The molecule has 4 aromatic rings. The van der Waals surface area contributed by atoms with Gasteiger partial charge in [0.2, 0.25) is 0 Å². The molecule has 0 bridgehead atoms. The highest BCUT2D eigenvalue weighted by Crippen LogP contribution is 2.57. The minimum Gasteiger partial charge on any atom is -0.423 e. The number of allylic oxidation sites excluding steroid dienone is 5. The highest BCUT2D eigenvalue weighted by Gasteiger charge is 2.47. The molecule has 6 rings (SSSR count). The van der Waals surface area contributed by atoms with Crippen LogP contribution >= 0.6 is 0 Å². The molecule has 168 valence electrons. The van der Waals surface area contributed by atoms with Gasteiger partial charge in [-0.05, 0) is 68.0 Å². The summed E-state index contributed by atoms with van der Waals surface area (Å²) in [6, 6.07) is 31.4. The van der Waals surface area contributed by atoms with Crippen LogP contribution in [0.5, 0.6) is 0 Å². The molecular formula is C32H25BO2. The number of rotatable bonds is 2. The van der Waals surface area contributed by atoms with E-state index in [2.05, 4.69) is 97.6 Å². The van der Waals surface area contributed by atoms with Gasteiger partial charge in [0.25, 0.3) is 0 Å². The van der Waals surface area contributed by atoms with Crippen LogP contribution in [0.2, 0.25) is 0 Å². The van der Waals surface area contributed by atoms with Gasteiger partial charge in [-0.1, -0.05) is 116 Å². The molecule has 35 heavy (non-hydrogen) atoms. The molecule has 2 nitrogen and oxygen atoms in total. The third kappa shape index (κ3) is 3.28. The highest BCUT2D eigenvalue weighted by molar-refractivity contribution is 6.58. The largest absolute Gasteiger partial charge is 0.488 e. The second-order valence-electron chi connectivity index (χ2n) is 9.23. The van der Waals surface area contributed by atoms with Gasteiger partial charge in [-0.3, -0.25) is 0 Å². The van der Waals surface area contributed by atoms with Crippen LogP contribution in [-0.4, -0.2) is 17.2 Å². The van der Waals surface area contributed by atoms with Crippen molar-refractivity contribution in [3.8, 4) is 22.3 Å². The third-order valence-corrected chi connectivity index (χ3v) is 7.35. The van der Waals surface area contributed by atoms with Crippen LogP contribution in [0.4, 0.5) is 0 Å². The lowest BCUT2D eigenvalue weighted by Crippen LogP contribution is -2.30. The minimum atomic E-state index is -1.50. The molecule has 0 heterocycles. The van der Waals surface area contributed by atoms with E-state index in [4.69, 9.17) is 0 Å². The highest BCUT2D eigenvalue weighted by atomic mass is 16.4. The van der Waals surface area contributed by atoms with E-state index in [9.17, 15) is 10.0 Å². The van der Waals surface area contributed by atoms with Crippen molar-refractivity contribution >= 4 is 12.6 Å². The summed E-state index contributed by atoms with van der Waals surface area (Å²) in [6.45, 7) is 4.64. The zero-order valence-electron chi connectivity index (χ0n) is 19.4. The fraction of sp³-hybridized carbons (Fsp3) is 0.0625. The smallest absolute Gasteiger partial charge is 0.423 e. The molecule has 2 aliphatic rings. The van der Waals surface area contributed by atoms with Crippen molar-refractivity contribution in [2.45, 2.75) is 11.8 Å². The van der Waals surface area contributed by atoms with Crippen molar-refractivity contribution in [3.63, 3.8) is 0 Å². The summed E-state index contributed by atoms with van der Waals surface area (Å²) >= 11 is 0. The molecule has 0 aromatic heterocycles. The van der Waals surface area contributed by atoms with Crippen molar-refractivity contribution in [1.29, 1.82) is 0 Å². The molecule has 2 N–H and O–H groups in total. The minimum absolute atomic E-state index is 0.479. The van der Waals surface area contributed by atoms with Gasteiger partial charge in [-0.2, -0.15) is 0 Å². The number of fused-ring (bicyclic) bond motifs is 7. The summed E-state index contributed by atoms with van der Waals surface area (Å²) in [4.78, 5) is 0. The van der Waals surface area contributed by atoms with Crippen LogP contribution in [0.1, 0.15) is 22.3 Å². The van der Waals surface area contributed by atoms with E-state index >= 15 is 0 Å². The van der Waals surface area contributed by atoms with Crippen molar-refractivity contribution in [2.75, 3.05) is 0 Å². The molecule has 0 saturated carbocycles. The predicted octanol–water partition coefficient (Wildman–Crippen LogP) is 5.57. The Morgan fingerprint density at radius 1 is 0.686 bits per heavy atom. The molecule has 0 radical (unpaired) electrons. The molecule has 3 heteroatoms. The molecule has 0 saturated heterocycles. The first kappa shape index (κ1) is 21.6. The number of benzene rings is 4. The maximum absolute atomic E-state index is 9.73. The van der Waals surface area contributed by atoms with E-state index in [-0.39, 0.29) is 0 Å². The molecule has 0 fully saturated rings. The Morgan fingerprint density at radius 3 is 2.29 bits per heavy atom. The quantitative estimate of drug-likeness (QED) is 0.391. The average molecular weight is 452 g/mol. The van der Waals surface area contributed by atoms with Gasteiger partial charge in [-0.25, -0.2) is 0 Å². The van der Waals surface area contributed by atoms with Crippen molar-refractivity contribution < 1.29 is 10.0 Å². The first-order chi connectivity index (χ1) is 17.1. The predicted molar refractivity (Wildman–Crippen MR) is 145 cm³/mol. The van der Waals surface area contributed by atoms with Crippen LogP contribution < -0.4 is 5.46 Å². The maximum atomic E-state index is 9.73. The van der Waals surface area contributed by atoms with Crippen LogP contribution in [0.25, 0.3) is 22.3 Å². The lowest BCUT2D eigenvalue weighted by atomic mass is 9.66. The van der Waals surface area contributed by atoms with E-state index in [1.165, 1.54) is 33.4 Å². The van der Waals surface area contributed by atoms with E-state index in [1.807, 2.05) is 18.2 Å². The Balaban J connectivity index is 1.69. The third-order valence-electron chi connectivity index (χ3n) is 7.35. The van der Waals surface area contributed by atoms with Gasteiger partial charge in [-0.15, -0.1) is 0 Å². The van der Waals surface area contributed by atoms with Gasteiger partial charge < -0.3 is 10.0 Å². The van der Waals surface area contributed by atoms with Crippen molar-refractivity contribution in [3.05, 3.63) is 150 Å². The van der Waals surface area contributed by atoms with Crippen molar-refractivity contribution in [1.82, 2.24) is 0 Å². The monoisotopic (exact) mass is 452 g/mol. The summed E-state index contributed by atoms with van der Waals surface area (Å²) in [7, 11) is -1.50. The summed E-state index contributed by atoms with van der Waals surface area (Å²) in [5, 5.41) is 19.5. The van der Waals surface area contributed by atoms with E-state index < -0.39 is 12.5 Å². The topological polar surface area (TPSA) is 40.5 Å². The lowest BCUT2D eigenvalue weighted by molar-refractivity contribution is 0.426. The number of hydrogen-bond donors (Lipinski definition) is 2. The van der Waals surface area contributed by atoms with Crippen LogP contribution in [0.15, 0.2) is 127 Å². The van der Waals surface area contributed by atoms with E-state index in [0.717, 1.165) is 23.1 Å². The molecule has 0 aliphatic heterocycles. The van der Waals surface area contributed by atoms with Crippen LogP contribution in [0, 0.1) is 0 Å². The molecule has 1 atom stereocenters. The standard InChI is InChI=1S/C32H25BO2/c1-22-10-3-2-4-11-23-12-5-7-16-29(23)32(22)30-17-8-6-15-27(30)28-19-18-25(21-31(28)32)24-13-9-14-26(20-24)33(34)35/h2-10,12-21,34-35H,1,11H2/b4-2-,10-3-. The summed E-state index contributed by atoms with van der Waals surface area (Å²) in [5.74, 6) is 0. The second kappa shape index (κ2) is 8.39. The second-order valence-corrected chi connectivity index (χ2v) is 9.23. The van der Waals surface area contributed by atoms with Gasteiger partial charge >= 0.3 is 7.12 Å². The zero-order chi connectivity index (χ0) is 24.0. The fourth-order valence-electron chi connectivity index (χ4n) is 5.78. The Hall–Kier alpha value is -3.92. The summed E-state index contributed by atoms with van der Waals surface area (Å²) in [6.07, 6.45) is 9.38. The van der Waals surface area contributed by atoms with Crippen molar-refractivity contribution in [2.24, 2.45) is 0 Å². The SMILES string of the molecule is C=C1/C=C\C=C/Cc2ccccc2C12c1ccccc1-c1ccc(-c3cccc(B(O)O)c3)cc12. The first-order valence-corrected chi connectivity index (χ1v) is 11.9. The van der Waals surface area contributed by atoms with E-state index in [0.29, 0.717) is 5.46 Å². The van der Waals surface area contributed by atoms with Gasteiger partial charge in [0.1, 0.15) is 0 Å². The van der Waals surface area contributed by atoms with Crippen LogP contribution in [0.3, 0.4) is 0 Å². The lowest BCUT2D eigenvalue weighted by Gasteiger charge is -2.35. The van der Waals surface area contributed by atoms with E-state index in [1.54, 1.807) is 6.07 Å². The average Bonchev–Trinajstić information content (AvgIpc) is 3.22. The molecule has 1 unspecified atom stereocenters.